The van der Waals surface area contributed by atoms with Crippen LogP contribution < -0.4 is 0 Å². The average molecular weight is 373 g/mol. The molecule has 25 heavy (non-hydrogen) atoms. The molecule has 0 spiro atoms. The van der Waals surface area contributed by atoms with E-state index in [1.54, 1.807) is 0 Å². The number of aromatic nitrogens is 1. The van der Waals surface area contributed by atoms with E-state index in [-0.39, 0.29) is 17.3 Å². The van der Waals surface area contributed by atoms with Gasteiger partial charge in [0.15, 0.2) is 5.03 Å². The van der Waals surface area contributed by atoms with E-state index >= 15 is 0 Å². The van der Waals surface area contributed by atoms with Crippen LogP contribution in [0.25, 0.3) is 0 Å². The third-order valence-electron chi connectivity index (χ3n) is 4.56. The van der Waals surface area contributed by atoms with Crippen molar-refractivity contribution in [1.82, 2.24) is 13.8 Å². The zero-order chi connectivity index (χ0) is 18.8. The van der Waals surface area contributed by atoms with Gasteiger partial charge in [0.2, 0.25) is 0 Å². The van der Waals surface area contributed by atoms with Crippen molar-refractivity contribution in [3.8, 4) is 0 Å². The highest BCUT2D eigenvalue weighted by molar-refractivity contribution is 7.89. The van der Waals surface area contributed by atoms with Crippen molar-refractivity contribution < 1.29 is 23.1 Å². The molecule has 1 saturated heterocycles. The maximum atomic E-state index is 13.0. The molecule has 1 fully saturated rings. The Bertz CT molecular complexity index is 728. The molecule has 0 radical (unpaired) electrons. The smallest absolute Gasteiger partial charge is 0.354 e. The Kier molecular flexibility index (Phi) is 5.93. The second-order valence-electron chi connectivity index (χ2n) is 6.83. The first-order valence-electron chi connectivity index (χ1n) is 8.22. The average Bonchev–Trinajstić information content (AvgIpc) is 2.80. The van der Waals surface area contributed by atoms with E-state index in [0.717, 1.165) is 0 Å². The molecule has 2 rings (SSSR count). The summed E-state index contributed by atoms with van der Waals surface area (Å²) in [6, 6.07) is 2.86. The molecular formula is C16H27N3O5S. The van der Waals surface area contributed by atoms with E-state index in [0.29, 0.717) is 32.4 Å². The topological polar surface area (TPSA) is 92.1 Å². The number of hydrogen-bond acceptors (Lipinski definition) is 6. The number of nitrogens with zero attached hydrogens (tertiary/aromatic N) is 3. The minimum absolute atomic E-state index is 0.0472. The molecule has 1 N–H and O–H groups in total. The highest BCUT2D eigenvalue weighted by atomic mass is 32.2. The fourth-order valence-electron chi connectivity index (χ4n) is 3.33. The summed E-state index contributed by atoms with van der Waals surface area (Å²) in [4.78, 5) is 13.6. The number of likely N-dealkylation sites (N-methyl/N-ethyl adjacent to an activating group) is 1. The van der Waals surface area contributed by atoms with Crippen LogP contribution >= 0.6 is 0 Å². The van der Waals surface area contributed by atoms with Gasteiger partial charge in [0.05, 0.1) is 12.7 Å². The van der Waals surface area contributed by atoms with Gasteiger partial charge in [0, 0.05) is 26.7 Å². The fraction of sp³-hybridized carbons (Fsp3) is 0.688. The maximum absolute atomic E-state index is 13.0. The van der Waals surface area contributed by atoms with Gasteiger partial charge in [-0.25, -0.2) is 13.2 Å². The van der Waals surface area contributed by atoms with E-state index in [2.05, 4.69) is 4.74 Å². The largest absolute Gasteiger partial charge is 0.464 e. The van der Waals surface area contributed by atoms with Gasteiger partial charge in [-0.3, -0.25) is 0 Å². The SMILES string of the molecule is COC(=O)c1ccc(S(=O)(=O)N2CCC[C@@](O)(CN(C)C)CC2)n1C. The second-order valence-corrected chi connectivity index (χ2v) is 8.71. The highest BCUT2D eigenvalue weighted by Crippen LogP contribution is 2.27. The van der Waals surface area contributed by atoms with Crippen LogP contribution in [0.4, 0.5) is 0 Å². The molecule has 0 saturated carbocycles. The molecule has 0 amide bonds. The van der Waals surface area contributed by atoms with Gasteiger partial charge >= 0.3 is 5.97 Å². The molecule has 8 nitrogen and oxygen atoms in total. The van der Waals surface area contributed by atoms with E-state index in [4.69, 9.17) is 0 Å². The fourth-order valence-corrected chi connectivity index (χ4v) is 4.98. The van der Waals surface area contributed by atoms with Gasteiger partial charge < -0.3 is 19.3 Å². The summed E-state index contributed by atoms with van der Waals surface area (Å²) in [5.74, 6) is -0.583. The van der Waals surface area contributed by atoms with Gasteiger partial charge in [-0.2, -0.15) is 4.31 Å². The van der Waals surface area contributed by atoms with Crippen molar-refractivity contribution >= 4 is 16.0 Å². The number of esters is 1. The molecule has 1 atom stereocenters. The summed E-state index contributed by atoms with van der Waals surface area (Å²) < 4.78 is 33.3. The summed E-state index contributed by atoms with van der Waals surface area (Å²) in [5, 5.41) is 10.8. The molecule has 0 bridgehead atoms. The van der Waals surface area contributed by atoms with Gasteiger partial charge in [-0.05, 0) is 45.5 Å². The van der Waals surface area contributed by atoms with Gasteiger partial charge in [-0.1, -0.05) is 0 Å². The molecule has 9 heteroatoms. The molecule has 2 heterocycles. The minimum atomic E-state index is -3.75. The van der Waals surface area contributed by atoms with E-state index < -0.39 is 21.6 Å². The van der Waals surface area contributed by atoms with Crippen LogP contribution in [-0.4, -0.2) is 79.7 Å². The number of carbonyl (C=O) groups is 1. The van der Waals surface area contributed by atoms with Crippen LogP contribution in [0.3, 0.4) is 0 Å². The van der Waals surface area contributed by atoms with Crippen LogP contribution in [0, 0.1) is 0 Å². The molecule has 1 aromatic rings. The predicted molar refractivity (Wildman–Crippen MR) is 92.9 cm³/mol. The third-order valence-corrected chi connectivity index (χ3v) is 6.54. The van der Waals surface area contributed by atoms with Gasteiger partial charge in [0.25, 0.3) is 10.0 Å². The molecule has 142 valence electrons. The predicted octanol–water partition coefficient (Wildman–Crippen LogP) is 0.279. The van der Waals surface area contributed by atoms with Crippen LogP contribution in [0.15, 0.2) is 17.2 Å². The molecule has 1 aromatic heterocycles. The summed E-state index contributed by atoms with van der Waals surface area (Å²) in [5.41, 5.74) is -0.709. The van der Waals surface area contributed by atoms with E-state index in [1.165, 1.54) is 35.2 Å². The normalized spacial score (nSPS) is 22.8. The number of rotatable bonds is 5. The number of hydrogen-bond donors (Lipinski definition) is 1. The van der Waals surface area contributed by atoms with Crippen molar-refractivity contribution in [2.24, 2.45) is 7.05 Å². The first-order valence-corrected chi connectivity index (χ1v) is 9.66. The van der Waals surface area contributed by atoms with E-state index in [9.17, 15) is 18.3 Å². The summed E-state index contributed by atoms with van der Waals surface area (Å²) in [6.07, 6.45) is 1.51. The Labute approximate surface area is 149 Å². The van der Waals surface area contributed by atoms with Gasteiger partial charge in [0.1, 0.15) is 5.69 Å². The summed E-state index contributed by atoms with van der Waals surface area (Å²) >= 11 is 0. The lowest BCUT2D eigenvalue weighted by atomic mass is 9.94. The minimum Gasteiger partial charge on any atom is -0.464 e. The zero-order valence-corrected chi connectivity index (χ0v) is 16.0. The van der Waals surface area contributed by atoms with Gasteiger partial charge in [-0.15, -0.1) is 0 Å². The second kappa shape index (κ2) is 7.45. The summed E-state index contributed by atoms with van der Waals surface area (Å²) in [7, 11) is 2.80. The summed E-state index contributed by atoms with van der Waals surface area (Å²) in [6.45, 7) is 1.08. The lowest BCUT2D eigenvalue weighted by Gasteiger charge is -2.29. The molecule has 0 aliphatic carbocycles. The first-order chi connectivity index (χ1) is 11.6. The van der Waals surface area contributed by atoms with Crippen molar-refractivity contribution in [2.75, 3.05) is 40.8 Å². The molecule has 1 aliphatic heterocycles. The zero-order valence-electron chi connectivity index (χ0n) is 15.2. The Morgan fingerprint density at radius 3 is 2.60 bits per heavy atom. The lowest BCUT2D eigenvalue weighted by Crippen LogP contribution is -2.41. The molecule has 1 aliphatic rings. The van der Waals surface area contributed by atoms with E-state index in [1.807, 2.05) is 19.0 Å². The Balaban J connectivity index is 2.23. The van der Waals surface area contributed by atoms with Crippen LogP contribution in [0.1, 0.15) is 29.8 Å². The van der Waals surface area contributed by atoms with Crippen molar-refractivity contribution in [1.29, 1.82) is 0 Å². The highest BCUT2D eigenvalue weighted by Gasteiger charge is 2.36. The van der Waals surface area contributed by atoms with Crippen molar-refractivity contribution in [2.45, 2.75) is 29.9 Å². The maximum Gasteiger partial charge on any atom is 0.354 e. The number of ether oxygens (including phenoxy) is 1. The number of aliphatic hydroxyl groups is 1. The molecule has 0 aromatic carbocycles. The van der Waals surface area contributed by atoms with Crippen LogP contribution in [0.2, 0.25) is 0 Å². The quantitative estimate of drug-likeness (QED) is 0.746. The number of sulfonamides is 1. The Morgan fingerprint density at radius 1 is 1.32 bits per heavy atom. The van der Waals surface area contributed by atoms with Crippen molar-refractivity contribution in [3.05, 3.63) is 17.8 Å². The monoisotopic (exact) mass is 373 g/mol. The number of carbonyl (C=O) groups excluding carboxylic acids is 1. The number of methoxy groups -OCH3 is 1. The standard InChI is InChI=1S/C16H27N3O5S/c1-17(2)12-16(21)8-5-10-19(11-9-16)25(22,23)14-7-6-13(18(14)3)15(20)24-4/h6-7,21H,5,8-12H2,1-4H3/t16-/m0/s1. The lowest BCUT2D eigenvalue weighted by molar-refractivity contribution is 0.00404. The third kappa shape index (κ3) is 4.22. The first kappa shape index (κ1) is 19.9. The van der Waals surface area contributed by atoms with Crippen LogP contribution in [-0.2, 0) is 21.8 Å². The molecule has 0 unspecified atom stereocenters. The molecular weight excluding hydrogens is 346 g/mol. The van der Waals surface area contributed by atoms with Crippen molar-refractivity contribution in [3.63, 3.8) is 0 Å². The van der Waals surface area contributed by atoms with Crippen LogP contribution in [0.5, 0.6) is 0 Å². The Morgan fingerprint density at radius 2 is 2.00 bits per heavy atom. The Hall–Kier alpha value is -1.42.